The number of rotatable bonds is 4. The van der Waals surface area contributed by atoms with Crippen LogP contribution in [0.3, 0.4) is 0 Å². The molecular formula is C29H34N6O2. The van der Waals surface area contributed by atoms with Crippen molar-refractivity contribution in [3.8, 4) is 0 Å². The first-order valence-electron chi connectivity index (χ1n) is 13.4. The van der Waals surface area contributed by atoms with Crippen LogP contribution >= 0.6 is 0 Å². The number of nitrogens with one attached hydrogen (secondary N) is 1. The van der Waals surface area contributed by atoms with Gasteiger partial charge in [0.05, 0.1) is 5.69 Å². The second-order valence-electron chi connectivity index (χ2n) is 10.6. The molecular weight excluding hydrogens is 464 g/mol. The standard InChI is InChI=1S/C29H34N6O2/c1-20(36)34-15-13-24-11-12-25(35(24)18-23-7-4-5-14-30-23)19-33(17-22-6-2-3-8-28(22)34)29(37)27-16-26(31-32-27)21-9-10-21/h2-8,14,16,21,24-25H,9-13,15,17-19H2,1H3,(H,31,32)/t24-,25+/m0/s1. The monoisotopic (exact) mass is 498 g/mol. The summed E-state index contributed by atoms with van der Waals surface area (Å²) in [4.78, 5) is 37.6. The van der Waals surface area contributed by atoms with Gasteiger partial charge >= 0.3 is 0 Å². The summed E-state index contributed by atoms with van der Waals surface area (Å²) in [5.74, 6) is 0.468. The number of hydrogen-bond acceptors (Lipinski definition) is 5. The third-order valence-electron chi connectivity index (χ3n) is 8.10. The molecule has 1 saturated carbocycles. The summed E-state index contributed by atoms with van der Waals surface area (Å²) < 4.78 is 0. The van der Waals surface area contributed by atoms with Gasteiger partial charge in [-0.1, -0.05) is 24.3 Å². The van der Waals surface area contributed by atoms with Gasteiger partial charge in [-0.15, -0.1) is 0 Å². The van der Waals surface area contributed by atoms with E-state index < -0.39 is 0 Å². The van der Waals surface area contributed by atoms with Gasteiger partial charge in [0.1, 0.15) is 5.69 Å². The van der Waals surface area contributed by atoms with E-state index in [4.69, 9.17) is 0 Å². The fraction of sp³-hybridized carbons (Fsp3) is 0.448. The molecule has 0 unspecified atom stereocenters. The molecule has 192 valence electrons. The van der Waals surface area contributed by atoms with Gasteiger partial charge in [-0.3, -0.25) is 24.6 Å². The summed E-state index contributed by atoms with van der Waals surface area (Å²) in [6, 6.07) is 16.5. The minimum atomic E-state index is -0.0622. The minimum Gasteiger partial charge on any atom is -0.331 e. The molecule has 6 rings (SSSR count). The molecule has 8 nitrogen and oxygen atoms in total. The van der Waals surface area contributed by atoms with Gasteiger partial charge in [-0.2, -0.15) is 5.10 Å². The number of H-pyrrole nitrogens is 1. The number of nitrogens with zero attached hydrogens (tertiary/aromatic N) is 5. The average molecular weight is 499 g/mol. The maximum atomic E-state index is 13.9. The lowest BCUT2D eigenvalue weighted by Gasteiger charge is -2.33. The van der Waals surface area contributed by atoms with Gasteiger partial charge in [-0.05, 0) is 61.9 Å². The zero-order valence-electron chi connectivity index (χ0n) is 21.3. The highest BCUT2D eigenvalue weighted by atomic mass is 16.2. The molecule has 2 bridgehead atoms. The third kappa shape index (κ3) is 5.03. The highest BCUT2D eigenvalue weighted by Gasteiger charge is 2.37. The summed E-state index contributed by atoms with van der Waals surface area (Å²) in [5.41, 5.74) is 4.44. The molecule has 2 atom stereocenters. The lowest BCUT2D eigenvalue weighted by molar-refractivity contribution is -0.116. The van der Waals surface area contributed by atoms with Crippen molar-refractivity contribution in [3.05, 3.63) is 77.4 Å². The van der Waals surface area contributed by atoms with Crippen molar-refractivity contribution < 1.29 is 9.59 Å². The predicted molar refractivity (Wildman–Crippen MR) is 141 cm³/mol. The molecule has 0 spiro atoms. The zero-order valence-corrected chi connectivity index (χ0v) is 21.3. The second-order valence-corrected chi connectivity index (χ2v) is 10.6. The minimum absolute atomic E-state index is 0.0248. The van der Waals surface area contributed by atoms with E-state index in [0.29, 0.717) is 37.3 Å². The number of amides is 2. The van der Waals surface area contributed by atoms with E-state index in [1.165, 1.54) is 0 Å². The Bertz CT molecular complexity index is 1270. The van der Waals surface area contributed by atoms with Gasteiger partial charge < -0.3 is 9.80 Å². The molecule has 2 aliphatic heterocycles. The number of carbonyl (C=O) groups excluding carboxylic acids is 2. The highest BCUT2D eigenvalue weighted by molar-refractivity contribution is 5.94. The van der Waals surface area contributed by atoms with Crippen LogP contribution in [0.15, 0.2) is 54.7 Å². The van der Waals surface area contributed by atoms with Crippen LogP contribution in [0.5, 0.6) is 0 Å². The molecule has 4 heterocycles. The lowest BCUT2D eigenvalue weighted by Crippen LogP contribution is -2.45. The van der Waals surface area contributed by atoms with Crippen LogP contribution in [-0.4, -0.2) is 62.0 Å². The van der Waals surface area contributed by atoms with E-state index in [9.17, 15) is 9.59 Å². The summed E-state index contributed by atoms with van der Waals surface area (Å²) in [6.45, 7) is 4.07. The van der Waals surface area contributed by atoms with Gasteiger partial charge in [0.25, 0.3) is 5.91 Å². The first-order valence-corrected chi connectivity index (χ1v) is 13.4. The molecule has 1 N–H and O–H groups in total. The van der Waals surface area contributed by atoms with Gasteiger partial charge in [0.15, 0.2) is 0 Å². The largest absolute Gasteiger partial charge is 0.331 e. The van der Waals surface area contributed by atoms with Crippen molar-refractivity contribution in [2.75, 3.05) is 18.0 Å². The van der Waals surface area contributed by atoms with E-state index in [1.807, 2.05) is 58.5 Å². The van der Waals surface area contributed by atoms with E-state index >= 15 is 0 Å². The summed E-state index contributed by atoms with van der Waals surface area (Å²) in [7, 11) is 0. The number of pyridine rings is 1. The Morgan fingerprint density at radius 3 is 2.59 bits per heavy atom. The molecule has 8 heteroatoms. The molecule has 1 saturated heterocycles. The quantitative estimate of drug-likeness (QED) is 0.585. The number of anilines is 1. The zero-order chi connectivity index (χ0) is 25.4. The predicted octanol–water partition coefficient (Wildman–Crippen LogP) is 4.11. The topological polar surface area (TPSA) is 85.4 Å². The van der Waals surface area contributed by atoms with Crippen LogP contribution < -0.4 is 4.90 Å². The smallest absolute Gasteiger partial charge is 0.274 e. The van der Waals surface area contributed by atoms with Crippen molar-refractivity contribution in [3.63, 3.8) is 0 Å². The molecule has 3 aromatic rings. The first kappa shape index (κ1) is 23.9. The molecule has 3 aliphatic rings. The Labute approximate surface area is 217 Å². The molecule has 2 aromatic heterocycles. The number of aromatic amines is 1. The molecule has 2 amide bonds. The summed E-state index contributed by atoms with van der Waals surface area (Å²) >= 11 is 0. The van der Waals surface area contributed by atoms with E-state index in [2.05, 4.69) is 26.1 Å². The maximum Gasteiger partial charge on any atom is 0.274 e. The van der Waals surface area contributed by atoms with Crippen molar-refractivity contribution >= 4 is 17.5 Å². The van der Waals surface area contributed by atoms with E-state index in [0.717, 1.165) is 61.3 Å². The fourth-order valence-electron chi connectivity index (χ4n) is 5.98. The average Bonchev–Trinajstić information content (AvgIpc) is 3.52. The highest BCUT2D eigenvalue weighted by Crippen LogP contribution is 2.39. The molecule has 1 aliphatic carbocycles. The number of aromatic nitrogens is 3. The van der Waals surface area contributed by atoms with Crippen LogP contribution in [0.4, 0.5) is 5.69 Å². The Morgan fingerprint density at radius 1 is 1.00 bits per heavy atom. The number of hydrogen-bond donors (Lipinski definition) is 1. The van der Waals surface area contributed by atoms with E-state index in [-0.39, 0.29) is 17.9 Å². The van der Waals surface area contributed by atoms with Crippen molar-refractivity contribution in [2.24, 2.45) is 0 Å². The SMILES string of the molecule is CC(=O)N1CC[C@@H]2CC[C@H](CN(C(=O)c3cc(C4CC4)[nH]n3)Cc3ccccc31)N2Cc1ccccn1. The molecule has 0 radical (unpaired) electrons. The van der Waals surface area contributed by atoms with Crippen molar-refractivity contribution in [2.45, 2.75) is 70.1 Å². The van der Waals surface area contributed by atoms with Crippen LogP contribution in [0.1, 0.15) is 72.4 Å². The first-order chi connectivity index (χ1) is 18.1. The van der Waals surface area contributed by atoms with Crippen LogP contribution in [0.25, 0.3) is 0 Å². The van der Waals surface area contributed by atoms with Gasteiger partial charge in [0, 0.05) is 68.7 Å². The van der Waals surface area contributed by atoms with Crippen molar-refractivity contribution in [1.29, 1.82) is 0 Å². The normalized spacial score (nSPS) is 22.4. The Kier molecular flexibility index (Phi) is 6.50. The molecule has 1 aromatic carbocycles. The van der Waals surface area contributed by atoms with Crippen molar-refractivity contribution in [1.82, 2.24) is 25.0 Å². The van der Waals surface area contributed by atoms with Crippen LogP contribution in [0.2, 0.25) is 0 Å². The van der Waals surface area contributed by atoms with Crippen LogP contribution in [-0.2, 0) is 17.9 Å². The van der Waals surface area contributed by atoms with Gasteiger partial charge in [-0.25, -0.2) is 0 Å². The van der Waals surface area contributed by atoms with E-state index in [1.54, 1.807) is 6.92 Å². The summed E-state index contributed by atoms with van der Waals surface area (Å²) in [6.07, 6.45) is 7.08. The Morgan fingerprint density at radius 2 is 1.81 bits per heavy atom. The third-order valence-corrected chi connectivity index (χ3v) is 8.10. The second kappa shape index (κ2) is 10.1. The Hall–Kier alpha value is -3.52. The fourth-order valence-corrected chi connectivity index (χ4v) is 5.98. The Balaban J connectivity index is 1.36. The molecule has 2 fully saturated rings. The number of fused-ring (bicyclic) bond motifs is 3. The number of benzene rings is 1. The lowest BCUT2D eigenvalue weighted by atomic mass is 10.1. The molecule has 37 heavy (non-hydrogen) atoms. The number of carbonyl (C=O) groups is 2. The maximum absolute atomic E-state index is 13.9. The van der Waals surface area contributed by atoms with Crippen LogP contribution in [0, 0.1) is 0 Å². The number of para-hydroxylation sites is 1. The van der Waals surface area contributed by atoms with Gasteiger partial charge in [0.2, 0.25) is 5.91 Å². The summed E-state index contributed by atoms with van der Waals surface area (Å²) in [5, 5.41) is 7.50.